The molecule has 0 spiro atoms. The van der Waals surface area contributed by atoms with Crippen molar-refractivity contribution in [1.29, 1.82) is 0 Å². The average Bonchev–Trinajstić information content (AvgIpc) is 3.25. The van der Waals surface area contributed by atoms with Crippen LogP contribution in [-0.2, 0) is 5.41 Å². The summed E-state index contributed by atoms with van der Waals surface area (Å²) in [5.41, 5.74) is 6.69. The van der Waals surface area contributed by atoms with Gasteiger partial charge in [0.05, 0.1) is 15.9 Å². The molecule has 0 aliphatic heterocycles. The monoisotopic (exact) mass is 406 g/mol. The van der Waals surface area contributed by atoms with E-state index in [2.05, 4.69) is 85.6 Å². The van der Waals surface area contributed by atoms with Crippen LogP contribution in [0.5, 0.6) is 0 Å². The van der Waals surface area contributed by atoms with Crippen LogP contribution in [0, 0.1) is 0 Å². The molecular weight excluding hydrogens is 384 g/mol. The Morgan fingerprint density at radius 3 is 2.23 bits per heavy atom. The molecule has 2 aromatic heterocycles. The van der Waals surface area contributed by atoms with Crippen LogP contribution >= 0.6 is 11.3 Å². The molecule has 0 bridgehead atoms. The predicted octanol–water partition coefficient (Wildman–Crippen LogP) is 7.35. The van der Waals surface area contributed by atoms with Gasteiger partial charge in [-0.1, -0.05) is 60.7 Å². The highest BCUT2D eigenvalue weighted by Crippen LogP contribution is 2.38. The van der Waals surface area contributed by atoms with Crippen molar-refractivity contribution in [2.24, 2.45) is 0 Å². The number of aromatic nitrogens is 2. The molecule has 2 heterocycles. The number of thiazole rings is 1. The summed E-state index contributed by atoms with van der Waals surface area (Å²) < 4.78 is 1.24. The van der Waals surface area contributed by atoms with Crippen molar-refractivity contribution in [2.45, 2.75) is 19.3 Å². The molecule has 0 aliphatic carbocycles. The maximum atomic E-state index is 4.93. The van der Waals surface area contributed by atoms with E-state index >= 15 is 0 Å². The van der Waals surface area contributed by atoms with Crippen LogP contribution in [0.15, 0.2) is 97.2 Å². The molecule has 0 unspecified atom stereocenters. The first-order chi connectivity index (χ1) is 14.6. The molecule has 2 nitrogen and oxygen atoms in total. The lowest BCUT2D eigenvalue weighted by Crippen LogP contribution is -2.18. The van der Waals surface area contributed by atoms with Crippen molar-refractivity contribution in [3.63, 3.8) is 0 Å². The van der Waals surface area contributed by atoms with E-state index in [-0.39, 0.29) is 5.41 Å². The van der Waals surface area contributed by atoms with E-state index in [0.717, 1.165) is 21.8 Å². The van der Waals surface area contributed by atoms with Gasteiger partial charge in [-0.25, -0.2) is 4.98 Å². The normalized spacial score (nSPS) is 11.7. The topological polar surface area (TPSA) is 25.8 Å². The Morgan fingerprint density at radius 1 is 0.700 bits per heavy atom. The van der Waals surface area contributed by atoms with E-state index in [4.69, 9.17) is 4.98 Å². The molecule has 5 aromatic rings. The molecule has 3 aromatic carbocycles. The van der Waals surface area contributed by atoms with Gasteiger partial charge in [0.2, 0.25) is 0 Å². The van der Waals surface area contributed by atoms with Crippen molar-refractivity contribution < 1.29 is 0 Å². The van der Waals surface area contributed by atoms with Gasteiger partial charge in [0.15, 0.2) is 0 Å². The summed E-state index contributed by atoms with van der Waals surface area (Å²) in [6.45, 7) is 4.52. The number of hydrogen-bond acceptors (Lipinski definition) is 3. The molecule has 3 heteroatoms. The SMILES string of the molecule is CC(C)(c1cccc(-c2cccc(-c3ccccn3)c2)c1)c1nc2ccccc2s1. The number of pyridine rings is 1. The van der Waals surface area contributed by atoms with Crippen LogP contribution in [-0.4, -0.2) is 9.97 Å². The summed E-state index contributed by atoms with van der Waals surface area (Å²) in [6.07, 6.45) is 1.84. The summed E-state index contributed by atoms with van der Waals surface area (Å²) in [5.74, 6) is 0. The van der Waals surface area contributed by atoms with Crippen molar-refractivity contribution in [2.75, 3.05) is 0 Å². The van der Waals surface area contributed by atoms with E-state index in [1.165, 1.54) is 21.4 Å². The molecular formula is C27H22N2S. The third-order valence-electron chi connectivity index (χ3n) is 5.57. The van der Waals surface area contributed by atoms with E-state index in [1.807, 2.05) is 30.5 Å². The highest BCUT2D eigenvalue weighted by atomic mass is 32.1. The lowest BCUT2D eigenvalue weighted by Gasteiger charge is -2.23. The molecule has 0 aliphatic rings. The van der Waals surface area contributed by atoms with Gasteiger partial charge in [0.25, 0.3) is 0 Å². The molecule has 0 radical (unpaired) electrons. The highest BCUT2D eigenvalue weighted by molar-refractivity contribution is 7.18. The second kappa shape index (κ2) is 7.51. The number of nitrogens with zero attached hydrogens (tertiary/aromatic N) is 2. The second-order valence-electron chi connectivity index (χ2n) is 7.99. The lowest BCUT2D eigenvalue weighted by atomic mass is 9.83. The molecule has 5 rings (SSSR count). The third kappa shape index (κ3) is 3.42. The van der Waals surface area contributed by atoms with Gasteiger partial charge < -0.3 is 0 Å². The largest absolute Gasteiger partial charge is 0.256 e. The molecule has 0 fully saturated rings. The fourth-order valence-electron chi connectivity index (χ4n) is 3.74. The Morgan fingerprint density at radius 2 is 1.43 bits per heavy atom. The molecule has 0 N–H and O–H groups in total. The third-order valence-corrected chi connectivity index (χ3v) is 6.93. The van der Waals surface area contributed by atoms with E-state index in [1.54, 1.807) is 11.3 Å². The summed E-state index contributed by atoms with van der Waals surface area (Å²) in [5, 5.41) is 1.14. The van der Waals surface area contributed by atoms with Gasteiger partial charge in [-0.3, -0.25) is 4.98 Å². The minimum atomic E-state index is -0.168. The molecule has 30 heavy (non-hydrogen) atoms. The Hall–Kier alpha value is -3.30. The zero-order valence-electron chi connectivity index (χ0n) is 17.0. The van der Waals surface area contributed by atoms with E-state index < -0.39 is 0 Å². The maximum Gasteiger partial charge on any atom is 0.104 e. The first-order valence-electron chi connectivity index (χ1n) is 10.1. The van der Waals surface area contributed by atoms with Gasteiger partial charge in [-0.05, 0) is 60.9 Å². The lowest BCUT2D eigenvalue weighted by molar-refractivity contribution is 0.637. The van der Waals surface area contributed by atoms with Crippen LogP contribution in [0.3, 0.4) is 0 Å². The smallest absolute Gasteiger partial charge is 0.104 e. The van der Waals surface area contributed by atoms with Crippen LogP contribution in [0.25, 0.3) is 32.6 Å². The van der Waals surface area contributed by atoms with E-state index in [0.29, 0.717) is 0 Å². The fraction of sp³-hybridized carbons (Fsp3) is 0.111. The number of hydrogen-bond donors (Lipinski definition) is 0. The van der Waals surface area contributed by atoms with Crippen molar-refractivity contribution in [3.8, 4) is 22.4 Å². The van der Waals surface area contributed by atoms with E-state index in [9.17, 15) is 0 Å². The zero-order valence-corrected chi connectivity index (χ0v) is 17.9. The minimum Gasteiger partial charge on any atom is -0.256 e. The minimum absolute atomic E-state index is 0.168. The molecule has 0 saturated carbocycles. The molecule has 0 amide bonds. The molecule has 146 valence electrons. The second-order valence-corrected chi connectivity index (χ2v) is 9.02. The fourth-order valence-corrected chi connectivity index (χ4v) is 4.83. The Labute approximate surface area is 180 Å². The Kier molecular flexibility index (Phi) is 4.68. The van der Waals surface area contributed by atoms with Crippen molar-refractivity contribution in [1.82, 2.24) is 9.97 Å². The zero-order chi connectivity index (χ0) is 20.6. The van der Waals surface area contributed by atoms with Gasteiger partial charge >= 0.3 is 0 Å². The maximum absolute atomic E-state index is 4.93. The molecule has 0 atom stereocenters. The quantitative estimate of drug-likeness (QED) is 0.312. The number of para-hydroxylation sites is 1. The van der Waals surface area contributed by atoms with Crippen LogP contribution < -0.4 is 0 Å². The van der Waals surface area contributed by atoms with Gasteiger partial charge in [-0.15, -0.1) is 11.3 Å². The first-order valence-corrected chi connectivity index (χ1v) is 10.9. The van der Waals surface area contributed by atoms with Crippen molar-refractivity contribution >= 4 is 21.6 Å². The first kappa shape index (κ1) is 18.7. The average molecular weight is 407 g/mol. The Balaban J connectivity index is 1.54. The van der Waals surface area contributed by atoms with Crippen LogP contribution in [0.2, 0.25) is 0 Å². The number of benzene rings is 3. The Bertz CT molecular complexity index is 1290. The summed E-state index contributed by atoms with van der Waals surface area (Å²) in [4.78, 5) is 9.42. The highest BCUT2D eigenvalue weighted by Gasteiger charge is 2.27. The summed E-state index contributed by atoms with van der Waals surface area (Å²) in [6, 6.07) is 31.8. The van der Waals surface area contributed by atoms with Crippen LogP contribution in [0.1, 0.15) is 24.4 Å². The van der Waals surface area contributed by atoms with Crippen LogP contribution in [0.4, 0.5) is 0 Å². The summed E-state index contributed by atoms with van der Waals surface area (Å²) >= 11 is 1.78. The summed E-state index contributed by atoms with van der Waals surface area (Å²) in [7, 11) is 0. The van der Waals surface area contributed by atoms with Gasteiger partial charge in [-0.2, -0.15) is 0 Å². The van der Waals surface area contributed by atoms with Gasteiger partial charge in [0, 0.05) is 17.2 Å². The van der Waals surface area contributed by atoms with Gasteiger partial charge in [0.1, 0.15) is 5.01 Å². The standard InChI is InChI=1S/C27H22N2S/c1-27(2,26-29-24-14-3-4-15-25(24)30-26)22-12-8-10-20(18-22)19-9-7-11-21(17-19)23-13-5-6-16-28-23/h3-18H,1-2H3. The van der Waals surface area contributed by atoms with Crippen molar-refractivity contribution in [3.05, 3.63) is 108 Å². The number of rotatable bonds is 4. The number of fused-ring (bicyclic) bond motifs is 1. The predicted molar refractivity (Wildman–Crippen MR) is 127 cm³/mol. The molecule has 0 saturated heterocycles.